The molecule has 0 fully saturated rings. The molecule has 0 aliphatic heterocycles. The van der Waals surface area contributed by atoms with E-state index in [1.807, 2.05) is 60.7 Å². The molecular weight excluding hydrogens is 386 g/mol. The number of aromatic nitrogens is 2. The summed E-state index contributed by atoms with van der Waals surface area (Å²) in [6, 6.07) is 22.8. The highest BCUT2D eigenvalue weighted by Crippen LogP contribution is 2.30. The van der Waals surface area contributed by atoms with Gasteiger partial charge in [0.05, 0.1) is 6.61 Å². The first-order chi connectivity index (χ1) is 15.2. The Balaban J connectivity index is 1.55. The summed E-state index contributed by atoms with van der Waals surface area (Å²) in [6.07, 6.45) is 5.47. The molecule has 4 aromatic rings. The summed E-state index contributed by atoms with van der Waals surface area (Å²) in [6.45, 7) is -0.0716. The molecule has 0 unspecified atom stereocenters. The second-order valence-corrected chi connectivity index (χ2v) is 7.39. The highest BCUT2D eigenvalue weighted by Gasteiger charge is 2.17. The van der Waals surface area contributed by atoms with Gasteiger partial charge in [-0.05, 0) is 34.9 Å². The standard InChI is InChI=1S/C26H23N3O2/c27-26-24(14-22(16-29-26)19-10-12-28-13-11-19)20-6-8-21(9-7-20)25(31)15-23(17-30)18-4-2-1-3-5-18/h1-14,16,23,30H,15,17H2,(H2,27,29)/t23-/m1/s1. The van der Waals surface area contributed by atoms with Gasteiger partial charge in [0.15, 0.2) is 5.78 Å². The van der Waals surface area contributed by atoms with Gasteiger partial charge in [-0.15, -0.1) is 0 Å². The molecule has 0 radical (unpaired) electrons. The average Bonchev–Trinajstić information content (AvgIpc) is 2.84. The molecule has 4 rings (SSSR count). The molecule has 1 atom stereocenters. The van der Waals surface area contributed by atoms with E-state index in [-0.39, 0.29) is 24.7 Å². The Kier molecular flexibility index (Phi) is 6.15. The number of carbonyl (C=O) groups excluding carboxylic acids is 1. The lowest BCUT2D eigenvalue weighted by Crippen LogP contribution is -2.11. The maximum absolute atomic E-state index is 12.8. The normalized spacial score (nSPS) is 11.8. The molecule has 3 N–H and O–H groups in total. The molecule has 2 aromatic heterocycles. The van der Waals surface area contributed by atoms with Crippen LogP contribution in [0.5, 0.6) is 0 Å². The molecule has 154 valence electrons. The maximum Gasteiger partial charge on any atom is 0.163 e. The van der Waals surface area contributed by atoms with Gasteiger partial charge in [-0.2, -0.15) is 0 Å². The third kappa shape index (κ3) is 4.68. The van der Waals surface area contributed by atoms with Gasteiger partial charge in [-0.25, -0.2) is 4.98 Å². The molecule has 0 aliphatic rings. The number of hydrogen-bond donors (Lipinski definition) is 2. The number of Topliss-reactive ketones (excluding diaryl/α,β-unsaturated/α-hetero) is 1. The van der Waals surface area contributed by atoms with Crippen LogP contribution < -0.4 is 5.73 Å². The van der Waals surface area contributed by atoms with Crippen LogP contribution in [0.3, 0.4) is 0 Å². The van der Waals surface area contributed by atoms with Gasteiger partial charge in [0.2, 0.25) is 0 Å². The second-order valence-electron chi connectivity index (χ2n) is 7.39. The minimum absolute atomic E-state index is 0.00825. The number of benzene rings is 2. The van der Waals surface area contributed by atoms with Crippen molar-refractivity contribution in [2.45, 2.75) is 12.3 Å². The predicted octanol–water partition coefficient (Wildman–Crippen LogP) is 4.74. The molecule has 0 aliphatic carbocycles. The van der Waals surface area contributed by atoms with E-state index in [1.165, 1.54) is 0 Å². The second kappa shape index (κ2) is 9.32. The summed E-state index contributed by atoms with van der Waals surface area (Å²) < 4.78 is 0. The minimum Gasteiger partial charge on any atom is -0.396 e. The van der Waals surface area contributed by atoms with Crippen molar-refractivity contribution in [3.8, 4) is 22.3 Å². The monoisotopic (exact) mass is 409 g/mol. The van der Waals surface area contributed by atoms with Crippen LogP contribution in [0.4, 0.5) is 5.82 Å². The third-order valence-electron chi connectivity index (χ3n) is 5.37. The van der Waals surface area contributed by atoms with Crippen molar-refractivity contribution in [3.05, 3.63) is 103 Å². The number of hydrogen-bond acceptors (Lipinski definition) is 5. The molecule has 0 amide bonds. The van der Waals surface area contributed by atoms with Crippen LogP contribution in [0.25, 0.3) is 22.3 Å². The van der Waals surface area contributed by atoms with Crippen molar-refractivity contribution in [2.24, 2.45) is 0 Å². The lowest BCUT2D eigenvalue weighted by molar-refractivity contribution is 0.0960. The van der Waals surface area contributed by atoms with Crippen LogP contribution in [0.15, 0.2) is 91.4 Å². The average molecular weight is 409 g/mol. The number of nitrogens with zero attached hydrogens (tertiary/aromatic N) is 2. The van der Waals surface area contributed by atoms with Gasteiger partial charge >= 0.3 is 0 Å². The van der Waals surface area contributed by atoms with Gasteiger partial charge in [-0.3, -0.25) is 9.78 Å². The summed E-state index contributed by atoms with van der Waals surface area (Å²) >= 11 is 0. The van der Waals surface area contributed by atoms with E-state index in [2.05, 4.69) is 9.97 Å². The van der Waals surface area contributed by atoms with Gasteiger partial charge in [0.1, 0.15) is 5.82 Å². The zero-order valence-corrected chi connectivity index (χ0v) is 17.0. The number of ketones is 1. The Morgan fingerprint density at radius 3 is 2.29 bits per heavy atom. The van der Waals surface area contributed by atoms with Gasteiger partial charge in [-0.1, -0.05) is 54.6 Å². The quantitative estimate of drug-likeness (QED) is 0.430. The first kappa shape index (κ1) is 20.4. The number of pyridine rings is 2. The van der Waals surface area contributed by atoms with Crippen LogP contribution in [0, 0.1) is 0 Å². The molecule has 5 heteroatoms. The fourth-order valence-electron chi connectivity index (χ4n) is 3.60. The van der Waals surface area contributed by atoms with E-state index in [1.54, 1.807) is 30.7 Å². The van der Waals surface area contributed by atoms with Crippen molar-refractivity contribution in [1.29, 1.82) is 0 Å². The number of nitrogens with two attached hydrogens (primary N) is 1. The number of rotatable bonds is 7. The van der Waals surface area contributed by atoms with Crippen LogP contribution in [-0.4, -0.2) is 27.5 Å². The van der Waals surface area contributed by atoms with Crippen LogP contribution in [0.2, 0.25) is 0 Å². The molecule has 31 heavy (non-hydrogen) atoms. The van der Waals surface area contributed by atoms with E-state index >= 15 is 0 Å². The molecule has 2 heterocycles. The minimum atomic E-state index is -0.217. The number of aliphatic hydroxyl groups is 1. The summed E-state index contributed by atoms with van der Waals surface area (Å²) in [5.41, 5.74) is 11.3. The number of carbonyl (C=O) groups is 1. The topological polar surface area (TPSA) is 89.1 Å². The zero-order chi connectivity index (χ0) is 21.6. The summed E-state index contributed by atoms with van der Waals surface area (Å²) in [5.74, 6) is 0.206. The maximum atomic E-state index is 12.8. The first-order valence-corrected chi connectivity index (χ1v) is 10.1. The smallest absolute Gasteiger partial charge is 0.163 e. The molecule has 0 spiro atoms. The van der Waals surface area contributed by atoms with Gasteiger partial charge in [0, 0.05) is 47.6 Å². The van der Waals surface area contributed by atoms with E-state index in [9.17, 15) is 9.90 Å². The molecule has 2 aromatic carbocycles. The van der Waals surface area contributed by atoms with E-state index in [0.29, 0.717) is 11.4 Å². The molecule has 0 bridgehead atoms. The Morgan fingerprint density at radius 2 is 1.61 bits per heavy atom. The Bertz CT molecular complexity index is 1160. The fraction of sp³-hybridized carbons (Fsp3) is 0.115. The number of aliphatic hydroxyl groups excluding tert-OH is 1. The van der Waals surface area contributed by atoms with Crippen molar-refractivity contribution < 1.29 is 9.90 Å². The summed E-state index contributed by atoms with van der Waals surface area (Å²) in [5, 5.41) is 9.74. The van der Waals surface area contributed by atoms with Crippen LogP contribution in [0.1, 0.15) is 28.3 Å². The molecule has 0 saturated carbocycles. The largest absolute Gasteiger partial charge is 0.396 e. The fourth-order valence-corrected chi connectivity index (χ4v) is 3.60. The predicted molar refractivity (Wildman–Crippen MR) is 123 cm³/mol. The van der Waals surface area contributed by atoms with Crippen molar-refractivity contribution in [3.63, 3.8) is 0 Å². The van der Waals surface area contributed by atoms with Crippen LogP contribution in [-0.2, 0) is 0 Å². The summed E-state index contributed by atoms with van der Waals surface area (Å²) in [7, 11) is 0. The first-order valence-electron chi connectivity index (χ1n) is 10.1. The third-order valence-corrected chi connectivity index (χ3v) is 5.37. The molecule has 0 saturated heterocycles. The molecular formula is C26H23N3O2. The zero-order valence-electron chi connectivity index (χ0n) is 17.0. The van der Waals surface area contributed by atoms with E-state index < -0.39 is 0 Å². The van der Waals surface area contributed by atoms with Gasteiger partial charge in [0.25, 0.3) is 0 Å². The summed E-state index contributed by atoms with van der Waals surface area (Å²) in [4.78, 5) is 21.2. The van der Waals surface area contributed by atoms with Crippen molar-refractivity contribution in [1.82, 2.24) is 9.97 Å². The lowest BCUT2D eigenvalue weighted by Gasteiger charge is -2.14. The van der Waals surface area contributed by atoms with E-state index in [0.717, 1.165) is 27.8 Å². The molecule has 5 nitrogen and oxygen atoms in total. The van der Waals surface area contributed by atoms with E-state index in [4.69, 9.17) is 5.73 Å². The van der Waals surface area contributed by atoms with Crippen molar-refractivity contribution in [2.75, 3.05) is 12.3 Å². The van der Waals surface area contributed by atoms with Crippen molar-refractivity contribution >= 4 is 11.6 Å². The highest BCUT2D eigenvalue weighted by molar-refractivity contribution is 5.97. The Labute approximate surface area is 181 Å². The Morgan fingerprint density at radius 1 is 0.903 bits per heavy atom. The van der Waals surface area contributed by atoms with Gasteiger partial charge < -0.3 is 10.8 Å². The Hall–Kier alpha value is -3.83. The highest BCUT2D eigenvalue weighted by atomic mass is 16.3. The number of anilines is 1. The lowest BCUT2D eigenvalue weighted by atomic mass is 9.91. The van der Waals surface area contributed by atoms with Crippen LogP contribution >= 0.6 is 0 Å². The number of nitrogen functional groups attached to an aromatic ring is 1. The SMILES string of the molecule is Nc1ncc(-c2ccncc2)cc1-c1ccc(C(=O)C[C@H](CO)c2ccccc2)cc1.